The average molecular weight is 684 g/mol. The molecule has 1 aromatic heterocycles. The van der Waals surface area contributed by atoms with Gasteiger partial charge in [-0.25, -0.2) is 9.79 Å². The third-order valence-electron chi connectivity index (χ3n) is 8.06. The summed E-state index contributed by atoms with van der Waals surface area (Å²) >= 11 is 1.22. The quantitative estimate of drug-likeness (QED) is 0.220. The van der Waals surface area contributed by atoms with E-state index in [1.54, 1.807) is 53.8 Å². The summed E-state index contributed by atoms with van der Waals surface area (Å²) in [7, 11) is 1.57. The summed E-state index contributed by atoms with van der Waals surface area (Å²) in [5.41, 5.74) is 2.45. The summed E-state index contributed by atoms with van der Waals surface area (Å²) in [6.07, 6.45) is 1.76. The predicted molar refractivity (Wildman–Crippen MR) is 185 cm³/mol. The molecule has 0 radical (unpaired) electrons. The molecular formula is C37H37N3O8S. The zero-order chi connectivity index (χ0) is 34.3. The second kappa shape index (κ2) is 15.3. The Morgan fingerprint density at radius 3 is 2.49 bits per heavy atom. The third kappa shape index (κ3) is 7.30. The van der Waals surface area contributed by atoms with Crippen LogP contribution in [0.3, 0.4) is 0 Å². The van der Waals surface area contributed by atoms with Crippen molar-refractivity contribution >= 4 is 35.0 Å². The molecule has 0 unspecified atom stereocenters. The largest absolute Gasteiger partial charge is 0.497 e. The molecule has 3 heterocycles. The van der Waals surface area contributed by atoms with Crippen molar-refractivity contribution < 1.29 is 33.3 Å². The number of benzene rings is 3. The minimum Gasteiger partial charge on any atom is -0.497 e. The minimum atomic E-state index is -0.832. The highest BCUT2D eigenvalue weighted by atomic mass is 32.1. The zero-order valence-corrected chi connectivity index (χ0v) is 28.4. The van der Waals surface area contributed by atoms with Crippen LogP contribution in [0.15, 0.2) is 88.2 Å². The maximum atomic E-state index is 14.3. The van der Waals surface area contributed by atoms with Crippen molar-refractivity contribution in [3.63, 3.8) is 0 Å². The molecule has 1 fully saturated rings. The molecule has 2 aliphatic rings. The number of nitrogens with zero attached hydrogens (tertiary/aromatic N) is 3. The average Bonchev–Trinajstić information content (AvgIpc) is 3.45. The molecule has 0 bridgehead atoms. The Labute approximate surface area is 287 Å². The standard InChI is InChI=1S/C37H37N3O8S/c1-4-46-29-20-24(14-15-28(29)48-23-31(41)39-16-18-45-19-17-39)21-30-35(42)40-34(26-12-9-13-27(22-26)44-3)32(36(43)47-5-2)33(38-37(40)49-30)25-10-7-6-8-11-25/h6-15,20-22,34H,4-5,16-19,23H2,1-3H3/b30-21+/t34-/m0/s1. The van der Waals surface area contributed by atoms with E-state index in [4.69, 9.17) is 28.7 Å². The van der Waals surface area contributed by atoms with E-state index in [1.807, 2.05) is 55.5 Å². The van der Waals surface area contributed by atoms with Crippen molar-refractivity contribution in [3.05, 3.63) is 115 Å². The third-order valence-corrected chi connectivity index (χ3v) is 9.05. The Balaban J connectivity index is 1.44. The van der Waals surface area contributed by atoms with Gasteiger partial charge in [-0.15, -0.1) is 0 Å². The molecule has 11 nitrogen and oxygen atoms in total. The SMILES string of the molecule is CCOC(=O)C1=C(c2ccccc2)N=c2s/c(=C/c3ccc(OCC(=O)N4CCOCC4)c(OCC)c3)c(=O)n2[C@H]1c1cccc(OC)c1. The molecule has 1 amide bonds. The second-order valence-corrected chi connectivity index (χ2v) is 12.1. The van der Waals surface area contributed by atoms with Gasteiger partial charge in [0.1, 0.15) is 5.75 Å². The molecule has 0 N–H and O–H groups in total. The molecule has 1 atom stereocenters. The number of thiazole rings is 1. The van der Waals surface area contributed by atoms with Crippen molar-refractivity contribution in [2.45, 2.75) is 19.9 Å². The van der Waals surface area contributed by atoms with Crippen LogP contribution in [0, 0.1) is 0 Å². The van der Waals surface area contributed by atoms with Crippen LogP contribution < -0.4 is 29.1 Å². The van der Waals surface area contributed by atoms with Crippen LogP contribution in [0.4, 0.5) is 0 Å². The fourth-order valence-electron chi connectivity index (χ4n) is 5.76. The van der Waals surface area contributed by atoms with Gasteiger partial charge in [0.05, 0.1) is 55.4 Å². The molecule has 2 aliphatic heterocycles. The molecule has 4 aromatic rings. The fraction of sp³-hybridized carbons (Fsp3) is 0.297. The number of esters is 1. The number of rotatable bonds is 11. The van der Waals surface area contributed by atoms with Crippen LogP contribution in [0.2, 0.25) is 0 Å². The molecule has 6 rings (SSSR count). The molecule has 0 saturated carbocycles. The lowest BCUT2D eigenvalue weighted by Crippen LogP contribution is -2.43. The lowest BCUT2D eigenvalue weighted by molar-refractivity contribution is -0.139. The first kappa shape index (κ1) is 33.7. The van der Waals surface area contributed by atoms with E-state index in [0.29, 0.717) is 76.3 Å². The van der Waals surface area contributed by atoms with Crippen LogP contribution in [0.5, 0.6) is 17.2 Å². The molecule has 0 aliphatic carbocycles. The van der Waals surface area contributed by atoms with E-state index in [9.17, 15) is 14.4 Å². The molecule has 254 valence electrons. The Hall–Kier alpha value is -5.20. The number of hydrogen-bond donors (Lipinski definition) is 0. The highest BCUT2D eigenvalue weighted by Gasteiger charge is 2.35. The van der Waals surface area contributed by atoms with Crippen molar-refractivity contribution in [2.24, 2.45) is 4.99 Å². The minimum absolute atomic E-state index is 0.126. The summed E-state index contributed by atoms with van der Waals surface area (Å²) in [6, 6.07) is 21.2. The van der Waals surface area contributed by atoms with Crippen molar-refractivity contribution in [3.8, 4) is 17.2 Å². The van der Waals surface area contributed by atoms with E-state index in [0.717, 1.165) is 5.56 Å². The summed E-state index contributed by atoms with van der Waals surface area (Å²) in [5, 5.41) is 0. The molecular weight excluding hydrogens is 646 g/mol. The van der Waals surface area contributed by atoms with Crippen LogP contribution in [-0.2, 0) is 19.1 Å². The summed E-state index contributed by atoms with van der Waals surface area (Å²) in [6.45, 7) is 6.08. The molecule has 0 spiro atoms. The van der Waals surface area contributed by atoms with Gasteiger partial charge in [-0.2, -0.15) is 0 Å². The number of methoxy groups -OCH3 is 1. The summed E-state index contributed by atoms with van der Waals surface area (Å²) < 4.78 is 30.1. The van der Waals surface area contributed by atoms with Gasteiger partial charge in [0.25, 0.3) is 11.5 Å². The Morgan fingerprint density at radius 2 is 1.76 bits per heavy atom. The molecule has 49 heavy (non-hydrogen) atoms. The van der Waals surface area contributed by atoms with Crippen LogP contribution in [-0.4, -0.2) is 74.6 Å². The molecule has 3 aromatic carbocycles. The Bertz CT molecular complexity index is 2050. The number of aromatic nitrogens is 1. The first-order chi connectivity index (χ1) is 23.9. The zero-order valence-electron chi connectivity index (χ0n) is 27.5. The van der Waals surface area contributed by atoms with Crippen LogP contribution in [0.25, 0.3) is 11.8 Å². The fourth-order valence-corrected chi connectivity index (χ4v) is 6.77. The van der Waals surface area contributed by atoms with Gasteiger partial charge in [0.15, 0.2) is 22.9 Å². The highest BCUT2D eigenvalue weighted by Crippen LogP contribution is 2.36. The van der Waals surface area contributed by atoms with Gasteiger partial charge < -0.3 is 28.6 Å². The second-order valence-electron chi connectivity index (χ2n) is 11.1. The number of ether oxygens (including phenoxy) is 5. The highest BCUT2D eigenvalue weighted by molar-refractivity contribution is 7.07. The van der Waals surface area contributed by atoms with Gasteiger partial charge in [-0.05, 0) is 55.3 Å². The normalized spacial score (nSPS) is 16.1. The van der Waals surface area contributed by atoms with Crippen molar-refractivity contribution in [1.82, 2.24) is 9.47 Å². The molecule has 12 heteroatoms. The van der Waals surface area contributed by atoms with E-state index in [2.05, 4.69) is 0 Å². The number of amides is 1. The first-order valence-electron chi connectivity index (χ1n) is 16.1. The molecule has 1 saturated heterocycles. The lowest BCUT2D eigenvalue weighted by Gasteiger charge is -2.26. The Morgan fingerprint density at radius 1 is 0.959 bits per heavy atom. The van der Waals surface area contributed by atoms with E-state index in [-0.39, 0.29) is 30.3 Å². The lowest BCUT2D eigenvalue weighted by atomic mass is 9.93. The van der Waals surface area contributed by atoms with Gasteiger partial charge >= 0.3 is 5.97 Å². The van der Waals surface area contributed by atoms with Gasteiger partial charge in [-0.1, -0.05) is 59.9 Å². The maximum Gasteiger partial charge on any atom is 0.338 e. The van der Waals surface area contributed by atoms with E-state index >= 15 is 0 Å². The van der Waals surface area contributed by atoms with Gasteiger partial charge in [0, 0.05) is 18.7 Å². The van der Waals surface area contributed by atoms with E-state index in [1.165, 1.54) is 11.3 Å². The monoisotopic (exact) mass is 683 g/mol. The number of carbonyl (C=O) groups excluding carboxylic acids is 2. The van der Waals surface area contributed by atoms with Gasteiger partial charge in [0.2, 0.25) is 0 Å². The smallest absolute Gasteiger partial charge is 0.338 e. The maximum absolute atomic E-state index is 14.3. The van der Waals surface area contributed by atoms with Crippen molar-refractivity contribution in [1.29, 1.82) is 0 Å². The van der Waals surface area contributed by atoms with Crippen LogP contribution >= 0.6 is 11.3 Å². The number of fused-ring (bicyclic) bond motifs is 1. The number of hydrogen-bond acceptors (Lipinski definition) is 10. The van der Waals surface area contributed by atoms with E-state index < -0.39 is 12.0 Å². The number of morpholine rings is 1. The summed E-state index contributed by atoms with van der Waals surface area (Å²) in [4.78, 5) is 47.7. The topological polar surface area (TPSA) is 118 Å². The van der Waals surface area contributed by atoms with Gasteiger partial charge in [-0.3, -0.25) is 14.2 Å². The predicted octanol–water partition coefficient (Wildman–Crippen LogP) is 3.58. The number of carbonyl (C=O) groups is 2. The first-order valence-corrected chi connectivity index (χ1v) is 16.9. The van der Waals surface area contributed by atoms with Crippen molar-refractivity contribution in [2.75, 3.05) is 53.2 Å². The Kier molecular flexibility index (Phi) is 10.6. The van der Waals surface area contributed by atoms with Crippen LogP contribution in [0.1, 0.15) is 36.6 Å². The summed E-state index contributed by atoms with van der Waals surface area (Å²) in [5.74, 6) is 0.768.